The molecule has 0 spiro atoms. The topological polar surface area (TPSA) is 47.3 Å². The molecule has 1 atom stereocenters. The van der Waals surface area contributed by atoms with Gasteiger partial charge in [0.2, 0.25) is 0 Å². The summed E-state index contributed by atoms with van der Waals surface area (Å²) < 4.78 is 5.13. The van der Waals surface area contributed by atoms with Crippen LogP contribution in [0.25, 0.3) is 0 Å². The Hall–Kier alpha value is -1.06. The van der Waals surface area contributed by atoms with E-state index in [9.17, 15) is 0 Å². The molecule has 82 valence electrons. The molecule has 1 saturated carbocycles. The van der Waals surface area contributed by atoms with E-state index in [0.717, 1.165) is 18.6 Å². The van der Waals surface area contributed by atoms with E-state index >= 15 is 0 Å². The Kier molecular flexibility index (Phi) is 2.67. The molecule has 1 aromatic rings. The molecule has 1 aliphatic rings. The van der Waals surface area contributed by atoms with E-state index in [-0.39, 0.29) is 11.6 Å². The van der Waals surface area contributed by atoms with E-state index in [1.807, 2.05) is 19.2 Å². The third-order valence-electron chi connectivity index (χ3n) is 3.14. The van der Waals surface area contributed by atoms with Gasteiger partial charge in [0, 0.05) is 5.54 Å². The van der Waals surface area contributed by atoms with Gasteiger partial charge in [0.25, 0.3) is 0 Å². The lowest BCUT2D eigenvalue weighted by Crippen LogP contribution is -2.38. The van der Waals surface area contributed by atoms with Gasteiger partial charge in [-0.25, -0.2) is 0 Å². The van der Waals surface area contributed by atoms with Gasteiger partial charge in [0.05, 0.1) is 13.2 Å². The van der Waals surface area contributed by atoms with Crippen LogP contribution in [0.15, 0.2) is 24.3 Å². The Bertz CT molecular complexity index is 330. The molecule has 1 aliphatic carbocycles. The van der Waals surface area contributed by atoms with Crippen molar-refractivity contribution in [3.8, 4) is 5.75 Å². The average molecular weight is 206 g/mol. The van der Waals surface area contributed by atoms with Crippen molar-refractivity contribution in [1.82, 2.24) is 5.32 Å². The molecule has 2 rings (SSSR count). The van der Waals surface area contributed by atoms with Crippen LogP contribution >= 0.6 is 0 Å². The number of nitrogens with one attached hydrogen (secondary N) is 1. The fourth-order valence-corrected chi connectivity index (χ4v) is 2.02. The monoisotopic (exact) mass is 206 g/mol. The molecule has 0 amide bonds. The first-order valence-electron chi connectivity index (χ1n) is 5.30. The quantitative estimate of drug-likeness (QED) is 0.783. The lowest BCUT2D eigenvalue weighted by molar-refractivity contribution is 0.413. The van der Waals surface area contributed by atoms with Gasteiger partial charge in [-0.05, 0) is 37.6 Å². The Balaban J connectivity index is 2.19. The van der Waals surface area contributed by atoms with Crippen LogP contribution in [0.1, 0.15) is 24.4 Å². The molecule has 3 nitrogen and oxygen atoms in total. The van der Waals surface area contributed by atoms with Crippen molar-refractivity contribution in [2.45, 2.75) is 24.4 Å². The molecule has 0 aliphatic heterocycles. The molecule has 3 N–H and O–H groups in total. The van der Waals surface area contributed by atoms with Gasteiger partial charge in [-0.1, -0.05) is 12.1 Å². The molecule has 0 aromatic heterocycles. The molecule has 1 aromatic carbocycles. The highest BCUT2D eigenvalue weighted by Gasteiger charge is 2.45. The predicted octanol–water partition coefficient (Wildman–Crippen LogP) is 1.45. The number of hydrogen-bond acceptors (Lipinski definition) is 3. The zero-order valence-electron chi connectivity index (χ0n) is 9.29. The first-order chi connectivity index (χ1) is 7.19. The molecule has 0 radical (unpaired) electrons. The largest absolute Gasteiger partial charge is 0.497 e. The first-order valence-corrected chi connectivity index (χ1v) is 5.30. The highest BCUT2D eigenvalue weighted by Crippen LogP contribution is 2.43. The minimum Gasteiger partial charge on any atom is -0.497 e. The van der Waals surface area contributed by atoms with Crippen molar-refractivity contribution in [3.05, 3.63) is 29.8 Å². The SMILES string of the molecule is CNC(c1ccc(OC)cc1)C1(N)CC1. The lowest BCUT2D eigenvalue weighted by Gasteiger charge is -2.23. The molecule has 0 saturated heterocycles. The molecule has 1 unspecified atom stereocenters. The third-order valence-corrected chi connectivity index (χ3v) is 3.14. The van der Waals surface area contributed by atoms with Gasteiger partial charge < -0.3 is 15.8 Å². The van der Waals surface area contributed by atoms with E-state index < -0.39 is 0 Å². The lowest BCUT2D eigenvalue weighted by atomic mass is 9.98. The minimum absolute atomic E-state index is 0.0384. The Morgan fingerprint density at radius 3 is 2.33 bits per heavy atom. The molecular weight excluding hydrogens is 188 g/mol. The van der Waals surface area contributed by atoms with Crippen LogP contribution in [-0.4, -0.2) is 19.7 Å². The van der Waals surface area contributed by atoms with Crippen LogP contribution in [0.4, 0.5) is 0 Å². The maximum absolute atomic E-state index is 6.21. The number of methoxy groups -OCH3 is 1. The number of nitrogens with two attached hydrogens (primary N) is 1. The molecule has 0 heterocycles. The van der Waals surface area contributed by atoms with Crippen LogP contribution in [0.5, 0.6) is 5.75 Å². The highest BCUT2D eigenvalue weighted by atomic mass is 16.5. The first kappa shape index (κ1) is 10.5. The normalized spacial score (nSPS) is 19.7. The zero-order chi connectivity index (χ0) is 10.9. The summed E-state index contributed by atoms with van der Waals surface area (Å²) in [5.41, 5.74) is 7.41. The number of rotatable bonds is 4. The second-order valence-corrected chi connectivity index (χ2v) is 4.23. The maximum atomic E-state index is 6.21. The summed E-state index contributed by atoms with van der Waals surface area (Å²) in [6.07, 6.45) is 2.20. The van der Waals surface area contributed by atoms with Crippen LogP contribution in [-0.2, 0) is 0 Å². The summed E-state index contributed by atoms with van der Waals surface area (Å²) in [7, 11) is 3.64. The van der Waals surface area contributed by atoms with Crippen LogP contribution < -0.4 is 15.8 Å². The van der Waals surface area contributed by atoms with Crippen LogP contribution in [0, 0.1) is 0 Å². The summed E-state index contributed by atoms with van der Waals surface area (Å²) in [5, 5.41) is 3.29. The van der Waals surface area contributed by atoms with E-state index in [4.69, 9.17) is 10.5 Å². The van der Waals surface area contributed by atoms with Crippen molar-refractivity contribution in [2.24, 2.45) is 5.73 Å². The van der Waals surface area contributed by atoms with E-state index in [1.165, 1.54) is 5.56 Å². The van der Waals surface area contributed by atoms with Crippen LogP contribution in [0.2, 0.25) is 0 Å². The number of hydrogen-bond donors (Lipinski definition) is 2. The van der Waals surface area contributed by atoms with Crippen molar-refractivity contribution >= 4 is 0 Å². The van der Waals surface area contributed by atoms with Crippen molar-refractivity contribution in [2.75, 3.05) is 14.2 Å². The molecule has 0 bridgehead atoms. The molecular formula is C12H18N2O. The van der Waals surface area contributed by atoms with Gasteiger partial charge in [-0.15, -0.1) is 0 Å². The average Bonchev–Trinajstić information content (AvgIpc) is 2.99. The Morgan fingerprint density at radius 1 is 1.33 bits per heavy atom. The second kappa shape index (κ2) is 3.83. The summed E-state index contributed by atoms with van der Waals surface area (Å²) >= 11 is 0. The number of benzene rings is 1. The van der Waals surface area contributed by atoms with Gasteiger partial charge in [0.1, 0.15) is 5.75 Å². The fourth-order valence-electron chi connectivity index (χ4n) is 2.02. The minimum atomic E-state index is -0.0384. The smallest absolute Gasteiger partial charge is 0.118 e. The summed E-state index contributed by atoms with van der Waals surface area (Å²) in [6, 6.07) is 8.36. The summed E-state index contributed by atoms with van der Waals surface area (Å²) in [5.74, 6) is 0.885. The van der Waals surface area contributed by atoms with Gasteiger partial charge in [-0.3, -0.25) is 0 Å². The Morgan fingerprint density at radius 2 is 1.93 bits per heavy atom. The highest BCUT2D eigenvalue weighted by molar-refractivity contribution is 5.32. The molecule has 3 heteroatoms. The van der Waals surface area contributed by atoms with E-state index in [1.54, 1.807) is 7.11 Å². The van der Waals surface area contributed by atoms with Gasteiger partial charge in [-0.2, -0.15) is 0 Å². The fraction of sp³-hybridized carbons (Fsp3) is 0.500. The predicted molar refractivity (Wildman–Crippen MR) is 60.9 cm³/mol. The van der Waals surface area contributed by atoms with Gasteiger partial charge in [0.15, 0.2) is 0 Å². The Labute approximate surface area is 90.6 Å². The van der Waals surface area contributed by atoms with E-state index in [2.05, 4.69) is 17.4 Å². The second-order valence-electron chi connectivity index (χ2n) is 4.23. The number of ether oxygens (including phenoxy) is 1. The molecule has 15 heavy (non-hydrogen) atoms. The van der Waals surface area contributed by atoms with Crippen LogP contribution in [0.3, 0.4) is 0 Å². The summed E-state index contributed by atoms with van der Waals surface area (Å²) in [4.78, 5) is 0. The molecule has 1 fully saturated rings. The number of likely N-dealkylation sites (N-methyl/N-ethyl adjacent to an activating group) is 1. The zero-order valence-corrected chi connectivity index (χ0v) is 9.29. The third kappa shape index (κ3) is 1.98. The summed E-state index contributed by atoms with van der Waals surface area (Å²) in [6.45, 7) is 0. The van der Waals surface area contributed by atoms with Crippen molar-refractivity contribution < 1.29 is 4.74 Å². The van der Waals surface area contributed by atoms with Crippen molar-refractivity contribution in [3.63, 3.8) is 0 Å². The maximum Gasteiger partial charge on any atom is 0.118 e. The standard InChI is InChI=1S/C12H18N2O/c1-14-11(12(13)7-8-12)9-3-5-10(15-2)6-4-9/h3-6,11,14H,7-8,13H2,1-2H3. The van der Waals surface area contributed by atoms with Gasteiger partial charge >= 0.3 is 0 Å². The van der Waals surface area contributed by atoms with Crippen molar-refractivity contribution in [1.29, 1.82) is 0 Å². The van der Waals surface area contributed by atoms with E-state index in [0.29, 0.717) is 0 Å².